The minimum absolute atomic E-state index is 0.0614. The van der Waals surface area contributed by atoms with Crippen LogP contribution in [0, 0.1) is 0 Å². The number of carbonyl (C=O) groups is 2. The number of amides is 1. The quantitative estimate of drug-likeness (QED) is 0.452. The van der Waals surface area contributed by atoms with Gasteiger partial charge < -0.3 is 10.1 Å². The molecular formula is C20H18N2O3S2. The van der Waals surface area contributed by atoms with Crippen LogP contribution in [0.15, 0.2) is 64.3 Å². The number of aromatic nitrogens is 1. The number of rotatable bonds is 8. The normalized spacial score (nSPS) is 10.4. The molecule has 0 bridgehead atoms. The van der Waals surface area contributed by atoms with Crippen LogP contribution in [-0.2, 0) is 11.2 Å². The molecule has 5 nitrogen and oxygen atoms in total. The monoisotopic (exact) mass is 398 g/mol. The fourth-order valence-corrected chi connectivity index (χ4v) is 4.12. The third-order valence-corrected chi connectivity index (χ3v) is 5.75. The van der Waals surface area contributed by atoms with Crippen molar-refractivity contribution in [2.24, 2.45) is 0 Å². The van der Waals surface area contributed by atoms with Gasteiger partial charge in [-0.1, -0.05) is 54.2 Å². The Labute approximate surface area is 165 Å². The van der Waals surface area contributed by atoms with Gasteiger partial charge in [0, 0.05) is 10.9 Å². The second kappa shape index (κ2) is 9.34. The fraction of sp³-hybridized carbons (Fsp3) is 0.150. The Bertz CT molecular complexity index is 926. The van der Waals surface area contributed by atoms with Gasteiger partial charge in [-0.15, -0.1) is 11.3 Å². The van der Waals surface area contributed by atoms with Crippen molar-refractivity contribution >= 4 is 40.5 Å². The first kappa shape index (κ1) is 19.1. The van der Waals surface area contributed by atoms with E-state index in [1.54, 1.807) is 31.4 Å². The number of hydrogen-bond donors (Lipinski definition) is 1. The Hall–Kier alpha value is -2.64. The molecule has 0 saturated carbocycles. The molecule has 7 heteroatoms. The average molecular weight is 399 g/mol. The van der Waals surface area contributed by atoms with Crippen molar-refractivity contribution in [1.82, 2.24) is 4.98 Å². The summed E-state index contributed by atoms with van der Waals surface area (Å²) in [5.41, 5.74) is 2.00. The maximum absolute atomic E-state index is 12.2. The SMILES string of the molecule is COc1ccccc1NC(=O)Cc1csc(SCC(=O)c2ccccc2)n1. The van der Waals surface area contributed by atoms with E-state index >= 15 is 0 Å². The molecule has 2 aromatic carbocycles. The highest BCUT2D eigenvalue weighted by atomic mass is 32.2. The van der Waals surface area contributed by atoms with E-state index in [1.165, 1.54) is 23.1 Å². The summed E-state index contributed by atoms with van der Waals surface area (Å²) in [5.74, 6) is 0.831. The minimum atomic E-state index is -0.165. The van der Waals surface area contributed by atoms with Gasteiger partial charge in [-0.05, 0) is 12.1 Å². The number of thioether (sulfide) groups is 1. The number of nitrogens with one attached hydrogen (secondary N) is 1. The van der Waals surface area contributed by atoms with Crippen LogP contribution in [0.1, 0.15) is 16.1 Å². The Morgan fingerprint density at radius 2 is 1.85 bits per heavy atom. The first-order valence-electron chi connectivity index (χ1n) is 8.24. The Morgan fingerprint density at radius 1 is 1.11 bits per heavy atom. The van der Waals surface area contributed by atoms with E-state index in [0.717, 1.165) is 4.34 Å². The predicted molar refractivity (Wildman–Crippen MR) is 109 cm³/mol. The van der Waals surface area contributed by atoms with Gasteiger partial charge in [-0.25, -0.2) is 4.98 Å². The number of thiazole rings is 1. The third kappa shape index (κ3) is 5.42. The maximum Gasteiger partial charge on any atom is 0.230 e. The summed E-state index contributed by atoms with van der Waals surface area (Å²) >= 11 is 2.83. The van der Waals surface area contributed by atoms with E-state index in [4.69, 9.17) is 4.74 Å². The van der Waals surface area contributed by atoms with Gasteiger partial charge >= 0.3 is 0 Å². The maximum atomic E-state index is 12.2. The molecule has 0 aliphatic rings. The largest absolute Gasteiger partial charge is 0.495 e. The molecule has 0 aliphatic heterocycles. The fourth-order valence-electron chi connectivity index (χ4n) is 2.38. The van der Waals surface area contributed by atoms with Crippen LogP contribution < -0.4 is 10.1 Å². The van der Waals surface area contributed by atoms with Crippen molar-refractivity contribution in [1.29, 1.82) is 0 Å². The third-order valence-electron chi connectivity index (χ3n) is 3.68. The van der Waals surface area contributed by atoms with Crippen LogP contribution in [0.2, 0.25) is 0 Å². The Kier molecular flexibility index (Phi) is 6.62. The molecule has 0 fully saturated rings. The summed E-state index contributed by atoms with van der Waals surface area (Å²) in [5, 5.41) is 4.68. The molecule has 138 valence electrons. The van der Waals surface area contributed by atoms with Gasteiger partial charge in [0.25, 0.3) is 0 Å². The van der Waals surface area contributed by atoms with Gasteiger partial charge in [0.05, 0.1) is 30.7 Å². The van der Waals surface area contributed by atoms with Crippen molar-refractivity contribution in [2.75, 3.05) is 18.2 Å². The number of anilines is 1. The molecule has 0 unspecified atom stereocenters. The van der Waals surface area contributed by atoms with Crippen LogP contribution in [0.25, 0.3) is 0 Å². The van der Waals surface area contributed by atoms with Crippen molar-refractivity contribution in [3.63, 3.8) is 0 Å². The van der Waals surface area contributed by atoms with Crippen molar-refractivity contribution in [2.45, 2.75) is 10.8 Å². The minimum Gasteiger partial charge on any atom is -0.495 e. The van der Waals surface area contributed by atoms with Crippen LogP contribution in [-0.4, -0.2) is 29.5 Å². The van der Waals surface area contributed by atoms with E-state index < -0.39 is 0 Å². The molecule has 0 radical (unpaired) electrons. The number of ketones is 1. The van der Waals surface area contributed by atoms with Gasteiger partial charge in [0.15, 0.2) is 10.1 Å². The molecule has 1 amide bonds. The van der Waals surface area contributed by atoms with E-state index in [1.807, 2.05) is 35.7 Å². The molecule has 0 saturated heterocycles. The van der Waals surface area contributed by atoms with Gasteiger partial charge in [-0.3, -0.25) is 9.59 Å². The van der Waals surface area contributed by atoms with Gasteiger partial charge in [0.1, 0.15) is 5.75 Å². The lowest BCUT2D eigenvalue weighted by Gasteiger charge is -2.08. The predicted octanol–water partition coefficient (Wildman–Crippen LogP) is 4.31. The molecule has 0 aliphatic carbocycles. The molecule has 0 spiro atoms. The highest BCUT2D eigenvalue weighted by Crippen LogP contribution is 2.25. The highest BCUT2D eigenvalue weighted by Gasteiger charge is 2.12. The van der Waals surface area contributed by atoms with E-state index in [-0.39, 0.29) is 18.1 Å². The summed E-state index contributed by atoms with van der Waals surface area (Å²) in [4.78, 5) is 28.8. The van der Waals surface area contributed by atoms with Crippen molar-refractivity contribution in [3.05, 3.63) is 71.2 Å². The number of benzene rings is 2. The summed E-state index contributed by atoms with van der Waals surface area (Å²) in [6.45, 7) is 0. The zero-order valence-corrected chi connectivity index (χ0v) is 16.3. The lowest BCUT2D eigenvalue weighted by Crippen LogP contribution is -2.15. The number of nitrogens with zero attached hydrogens (tertiary/aromatic N) is 1. The van der Waals surface area contributed by atoms with Crippen LogP contribution in [0.4, 0.5) is 5.69 Å². The van der Waals surface area contributed by atoms with Crippen molar-refractivity contribution < 1.29 is 14.3 Å². The van der Waals surface area contributed by atoms with Gasteiger partial charge in [-0.2, -0.15) is 0 Å². The molecule has 3 rings (SSSR count). The van der Waals surface area contributed by atoms with Crippen molar-refractivity contribution in [3.8, 4) is 5.75 Å². The Balaban J connectivity index is 1.53. The zero-order chi connectivity index (χ0) is 19.1. The summed E-state index contributed by atoms with van der Waals surface area (Å²) in [7, 11) is 1.56. The molecule has 1 heterocycles. The summed E-state index contributed by atoms with van der Waals surface area (Å²) in [6, 6.07) is 16.4. The average Bonchev–Trinajstić information content (AvgIpc) is 3.14. The molecule has 27 heavy (non-hydrogen) atoms. The molecule has 1 N–H and O–H groups in total. The number of hydrogen-bond acceptors (Lipinski definition) is 6. The van der Waals surface area contributed by atoms with E-state index in [0.29, 0.717) is 28.4 Å². The summed E-state index contributed by atoms with van der Waals surface area (Å²) in [6.07, 6.45) is 0.168. The van der Waals surface area contributed by atoms with Crippen LogP contribution >= 0.6 is 23.1 Å². The first-order chi connectivity index (χ1) is 13.2. The van der Waals surface area contributed by atoms with Crippen LogP contribution in [0.5, 0.6) is 5.75 Å². The number of ether oxygens (including phenoxy) is 1. The number of Topliss-reactive ketones (excluding diaryl/α,β-unsaturated/α-hetero) is 1. The van der Waals surface area contributed by atoms with Crippen LogP contribution in [0.3, 0.4) is 0 Å². The second-order valence-corrected chi connectivity index (χ2v) is 7.69. The number of methoxy groups -OCH3 is 1. The molecule has 1 aromatic heterocycles. The lowest BCUT2D eigenvalue weighted by atomic mass is 10.2. The molecule has 0 atom stereocenters. The van der Waals surface area contributed by atoms with Gasteiger partial charge in [0.2, 0.25) is 5.91 Å². The topological polar surface area (TPSA) is 68.3 Å². The number of carbonyl (C=O) groups excluding carboxylic acids is 2. The molecular weight excluding hydrogens is 380 g/mol. The second-order valence-electron chi connectivity index (χ2n) is 5.61. The first-order valence-corrected chi connectivity index (χ1v) is 10.1. The zero-order valence-electron chi connectivity index (χ0n) is 14.7. The lowest BCUT2D eigenvalue weighted by molar-refractivity contribution is -0.115. The standard InChI is InChI=1S/C20H18N2O3S2/c1-25-18-10-6-5-9-16(18)22-19(24)11-15-12-26-20(21-15)27-13-17(23)14-7-3-2-4-8-14/h2-10,12H,11,13H2,1H3,(H,22,24). The van der Waals surface area contributed by atoms with E-state index in [9.17, 15) is 9.59 Å². The van der Waals surface area contributed by atoms with E-state index in [2.05, 4.69) is 10.3 Å². The molecule has 3 aromatic rings. The summed E-state index contributed by atoms with van der Waals surface area (Å²) < 4.78 is 6.01. The number of para-hydroxylation sites is 2. The smallest absolute Gasteiger partial charge is 0.230 e. The Morgan fingerprint density at radius 3 is 2.63 bits per heavy atom. The highest BCUT2D eigenvalue weighted by molar-refractivity contribution is 8.01.